The zero-order valence-electron chi connectivity index (χ0n) is 14.0. The van der Waals surface area contributed by atoms with E-state index in [4.69, 9.17) is 5.10 Å². The molecule has 1 aromatic heterocycles. The van der Waals surface area contributed by atoms with E-state index in [1.807, 2.05) is 7.05 Å². The molecule has 1 heterocycles. The first-order chi connectivity index (χ1) is 9.99. The second-order valence-electron chi connectivity index (χ2n) is 6.61. The van der Waals surface area contributed by atoms with Gasteiger partial charge in [-0.3, -0.25) is 9.67 Å². The van der Waals surface area contributed by atoms with E-state index in [2.05, 4.69) is 54.2 Å². The highest BCUT2D eigenvalue weighted by molar-refractivity contribution is 5.80. The Morgan fingerprint density at radius 3 is 2.81 bits per heavy atom. The molecule has 21 heavy (non-hydrogen) atoms. The van der Waals surface area contributed by atoms with Crippen molar-refractivity contribution >= 4 is 5.96 Å². The topological polar surface area (TPSA) is 54.2 Å². The maximum Gasteiger partial charge on any atom is 0.191 e. The van der Waals surface area contributed by atoms with E-state index in [1.165, 1.54) is 11.3 Å². The van der Waals surface area contributed by atoms with E-state index in [9.17, 15) is 0 Å². The van der Waals surface area contributed by atoms with Gasteiger partial charge in [0.2, 0.25) is 0 Å². The Labute approximate surface area is 128 Å². The Morgan fingerprint density at radius 1 is 1.43 bits per heavy atom. The fraction of sp³-hybridized carbons (Fsp3) is 0.750. The number of aryl methyl sites for hydroxylation is 1. The van der Waals surface area contributed by atoms with Crippen LogP contribution in [0.2, 0.25) is 0 Å². The second kappa shape index (κ2) is 6.96. The van der Waals surface area contributed by atoms with Gasteiger partial charge in [-0.2, -0.15) is 5.10 Å². The molecule has 5 heteroatoms. The predicted molar refractivity (Wildman–Crippen MR) is 87.8 cm³/mol. The van der Waals surface area contributed by atoms with Crippen LogP contribution in [0.15, 0.2) is 11.2 Å². The van der Waals surface area contributed by atoms with Gasteiger partial charge in [0, 0.05) is 38.3 Å². The van der Waals surface area contributed by atoms with Crippen molar-refractivity contribution in [1.82, 2.24) is 20.4 Å². The largest absolute Gasteiger partial charge is 0.356 e. The quantitative estimate of drug-likeness (QED) is 0.660. The molecule has 5 nitrogen and oxygen atoms in total. The fourth-order valence-electron chi connectivity index (χ4n) is 2.59. The van der Waals surface area contributed by atoms with E-state index >= 15 is 0 Å². The Hall–Kier alpha value is -1.52. The third-order valence-corrected chi connectivity index (χ3v) is 3.87. The van der Waals surface area contributed by atoms with Crippen molar-refractivity contribution in [2.24, 2.45) is 10.9 Å². The van der Waals surface area contributed by atoms with Crippen molar-refractivity contribution in [2.75, 3.05) is 13.6 Å². The second-order valence-corrected chi connectivity index (χ2v) is 6.61. The third-order valence-electron chi connectivity index (χ3n) is 3.87. The highest BCUT2D eigenvalue weighted by Gasteiger charge is 2.22. The first-order valence-corrected chi connectivity index (χ1v) is 8.03. The minimum absolute atomic E-state index is 0.423. The molecule has 2 rings (SSSR count). The monoisotopic (exact) mass is 291 g/mol. The molecule has 1 unspecified atom stereocenters. The number of hydrogen-bond acceptors (Lipinski definition) is 2. The molecule has 0 bridgehead atoms. The van der Waals surface area contributed by atoms with Crippen molar-refractivity contribution in [3.8, 4) is 0 Å². The summed E-state index contributed by atoms with van der Waals surface area (Å²) < 4.78 is 2.08. The lowest BCUT2D eigenvalue weighted by Gasteiger charge is -2.24. The number of nitrogens with zero attached hydrogens (tertiary/aromatic N) is 3. The van der Waals surface area contributed by atoms with E-state index < -0.39 is 0 Å². The maximum absolute atomic E-state index is 4.72. The Morgan fingerprint density at radius 2 is 2.19 bits per heavy atom. The van der Waals surface area contributed by atoms with E-state index in [-0.39, 0.29) is 0 Å². The van der Waals surface area contributed by atoms with Crippen LogP contribution < -0.4 is 10.6 Å². The predicted octanol–water partition coefficient (Wildman–Crippen LogP) is 2.14. The maximum atomic E-state index is 4.72. The average molecular weight is 291 g/mol. The number of nitrogens with one attached hydrogen (secondary N) is 2. The number of hydrogen-bond donors (Lipinski definition) is 2. The number of fused-ring (bicyclic) bond motifs is 1. The van der Waals surface area contributed by atoms with Gasteiger partial charge < -0.3 is 10.6 Å². The van der Waals surface area contributed by atoms with Crippen molar-refractivity contribution in [2.45, 2.75) is 59.0 Å². The lowest BCUT2D eigenvalue weighted by atomic mass is 9.94. The molecule has 0 saturated carbocycles. The van der Waals surface area contributed by atoms with Crippen LogP contribution in [0.25, 0.3) is 0 Å². The van der Waals surface area contributed by atoms with Gasteiger partial charge in [-0.1, -0.05) is 13.8 Å². The number of aliphatic imine (C=N–C) groups is 1. The van der Waals surface area contributed by atoms with Gasteiger partial charge in [-0.15, -0.1) is 0 Å². The highest BCUT2D eigenvalue weighted by Crippen LogP contribution is 2.21. The molecule has 0 saturated heterocycles. The SMILES string of the molecule is CN=C(NCC(C)C)NC1CCc2cn(C(C)C)nc2C1. The van der Waals surface area contributed by atoms with Gasteiger partial charge in [0.1, 0.15) is 0 Å². The van der Waals surface area contributed by atoms with Gasteiger partial charge in [0.25, 0.3) is 0 Å². The smallest absolute Gasteiger partial charge is 0.191 e. The minimum Gasteiger partial charge on any atom is -0.356 e. The molecule has 0 amide bonds. The van der Waals surface area contributed by atoms with Crippen molar-refractivity contribution in [3.63, 3.8) is 0 Å². The van der Waals surface area contributed by atoms with Crippen molar-refractivity contribution in [1.29, 1.82) is 0 Å². The van der Waals surface area contributed by atoms with Crippen LogP contribution in [0, 0.1) is 5.92 Å². The summed E-state index contributed by atoms with van der Waals surface area (Å²) in [6, 6.07) is 0.855. The summed E-state index contributed by atoms with van der Waals surface area (Å²) in [6.07, 6.45) is 5.43. The molecule has 0 fully saturated rings. The summed E-state index contributed by atoms with van der Waals surface area (Å²) in [5, 5.41) is 11.6. The molecule has 0 radical (unpaired) electrons. The van der Waals surface area contributed by atoms with Crippen LogP contribution in [0.1, 0.15) is 51.4 Å². The van der Waals surface area contributed by atoms with Crippen LogP contribution >= 0.6 is 0 Å². The summed E-state index contributed by atoms with van der Waals surface area (Å²) in [7, 11) is 1.83. The molecule has 118 valence electrons. The number of rotatable bonds is 4. The van der Waals surface area contributed by atoms with Gasteiger partial charge in [0.15, 0.2) is 5.96 Å². The van der Waals surface area contributed by atoms with E-state index in [1.54, 1.807) is 0 Å². The van der Waals surface area contributed by atoms with E-state index in [0.717, 1.165) is 31.8 Å². The summed E-state index contributed by atoms with van der Waals surface area (Å²) in [5.74, 6) is 1.52. The highest BCUT2D eigenvalue weighted by atomic mass is 15.3. The third kappa shape index (κ3) is 4.22. The Bertz CT molecular complexity index is 487. The zero-order valence-corrected chi connectivity index (χ0v) is 14.0. The lowest BCUT2D eigenvalue weighted by molar-refractivity contribution is 0.497. The summed E-state index contributed by atoms with van der Waals surface area (Å²) in [6.45, 7) is 9.69. The first kappa shape index (κ1) is 15.9. The standard InChI is InChI=1S/C16H29N5/c1-11(2)9-18-16(17-5)19-14-7-6-13-10-21(12(3)4)20-15(13)8-14/h10-12,14H,6-9H2,1-5H3,(H2,17,18,19). The fourth-order valence-corrected chi connectivity index (χ4v) is 2.59. The normalized spacial score (nSPS) is 19.0. The van der Waals surface area contributed by atoms with Gasteiger partial charge in [-0.05, 0) is 38.2 Å². The molecule has 1 aromatic rings. The molecule has 1 aliphatic carbocycles. The van der Waals surface area contributed by atoms with Crippen LogP contribution in [0.3, 0.4) is 0 Å². The molecule has 1 aliphatic rings. The summed E-state index contributed by atoms with van der Waals surface area (Å²) in [4.78, 5) is 4.31. The van der Waals surface area contributed by atoms with Crippen LogP contribution in [0.5, 0.6) is 0 Å². The minimum atomic E-state index is 0.423. The Balaban J connectivity index is 1.94. The molecule has 2 N–H and O–H groups in total. The Kier molecular flexibility index (Phi) is 5.26. The number of aromatic nitrogens is 2. The molecular weight excluding hydrogens is 262 g/mol. The molecule has 0 spiro atoms. The average Bonchev–Trinajstić information content (AvgIpc) is 2.86. The molecule has 1 atom stereocenters. The molecular formula is C16H29N5. The van der Waals surface area contributed by atoms with Crippen LogP contribution in [0.4, 0.5) is 0 Å². The molecule has 0 aromatic carbocycles. The first-order valence-electron chi connectivity index (χ1n) is 8.03. The van der Waals surface area contributed by atoms with Gasteiger partial charge in [-0.25, -0.2) is 0 Å². The molecule has 0 aliphatic heterocycles. The van der Waals surface area contributed by atoms with Gasteiger partial charge >= 0.3 is 0 Å². The zero-order chi connectivity index (χ0) is 15.4. The van der Waals surface area contributed by atoms with Crippen molar-refractivity contribution in [3.05, 3.63) is 17.5 Å². The van der Waals surface area contributed by atoms with Crippen molar-refractivity contribution < 1.29 is 0 Å². The van der Waals surface area contributed by atoms with Crippen LogP contribution in [-0.2, 0) is 12.8 Å². The van der Waals surface area contributed by atoms with Gasteiger partial charge in [0.05, 0.1) is 5.69 Å². The summed E-state index contributed by atoms with van der Waals surface area (Å²) >= 11 is 0. The van der Waals surface area contributed by atoms with E-state index in [0.29, 0.717) is 18.0 Å². The lowest BCUT2D eigenvalue weighted by Crippen LogP contribution is -2.46. The number of guanidine groups is 1. The summed E-state index contributed by atoms with van der Waals surface area (Å²) in [5.41, 5.74) is 2.65. The van der Waals surface area contributed by atoms with Crippen LogP contribution in [-0.4, -0.2) is 35.4 Å².